The predicted molar refractivity (Wildman–Crippen MR) is 111 cm³/mol. The molecule has 4 rings (SSSR count). The third-order valence-electron chi connectivity index (χ3n) is 4.43. The molecule has 4 nitrogen and oxygen atoms in total. The molecule has 0 fully saturated rings. The summed E-state index contributed by atoms with van der Waals surface area (Å²) in [6.45, 7) is 0. The Balaban J connectivity index is 1.62. The van der Waals surface area contributed by atoms with E-state index in [1.165, 1.54) is 11.9 Å². The number of aromatic nitrogens is 1. The lowest BCUT2D eigenvalue weighted by Crippen LogP contribution is -2.32. The van der Waals surface area contributed by atoms with Crippen molar-refractivity contribution in [3.8, 4) is 11.1 Å². The number of nitrogens with one attached hydrogen (secondary N) is 2. The molecule has 0 aliphatic carbocycles. The monoisotopic (exact) mass is 373 g/mol. The number of hydrazine groups is 1. The molecule has 0 aliphatic rings. The fraction of sp³-hybridized carbons (Fsp3) is 0.0455. The van der Waals surface area contributed by atoms with Gasteiger partial charge in [0.1, 0.15) is 0 Å². The number of nitrogens with zero attached hydrogens (tertiary/aromatic N) is 1. The zero-order chi connectivity index (χ0) is 18.6. The molecule has 27 heavy (non-hydrogen) atoms. The number of aryl methyl sites for hydroxylation is 1. The Kier molecular flexibility index (Phi) is 4.96. The third kappa shape index (κ3) is 3.74. The van der Waals surface area contributed by atoms with Gasteiger partial charge in [0.25, 0.3) is 5.91 Å². The van der Waals surface area contributed by atoms with E-state index in [9.17, 15) is 4.79 Å². The summed E-state index contributed by atoms with van der Waals surface area (Å²) < 4.78 is 2.03. The highest BCUT2D eigenvalue weighted by atomic mass is 32.2. The van der Waals surface area contributed by atoms with Crippen LogP contribution in [0.5, 0.6) is 0 Å². The Bertz CT molecular complexity index is 1070. The second-order valence-electron chi connectivity index (χ2n) is 6.22. The van der Waals surface area contributed by atoms with Crippen molar-refractivity contribution in [1.82, 2.24) is 14.8 Å². The van der Waals surface area contributed by atoms with Crippen molar-refractivity contribution in [3.63, 3.8) is 0 Å². The summed E-state index contributed by atoms with van der Waals surface area (Å²) in [5, 5.41) is 0.932. The van der Waals surface area contributed by atoms with Gasteiger partial charge in [-0.2, -0.15) is 4.83 Å². The van der Waals surface area contributed by atoms with Crippen molar-refractivity contribution in [1.29, 1.82) is 0 Å². The molecule has 2 N–H and O–H groups in total. The summed E-state index contributed by atoms with van der Waals surface area (Å²) in [5.41, 5.74) is 6.57. The first-order valence-electron chi connectivity index (χ1n) is 8.64. The Morgan fingerprint density at radius 2 is 1.59 bits per heavy atom. The molecule has 0 radical (unpaired) electrons. The minimum atomic E-state index is -0.160. The molecule has 134 valence electrons. The van der Waals surface area contributed by atoms with E-state index < -0.39 is 0 Å². The average molecular weight is 373 g/mol. The van der Waals surface area contributed by atoms with Crippen LogP contribution in [0.15, 0.2) is 90.0 Å². The molecule has 3 aromatic carbocycles. The minimum Gasteiger partial charge on any atom is -0.351 e. The molecule has 1 aromatic heterocycles. The van der Waals surface area contributed by atoms with Crippen LogP contribution in [0.25, 0.3) is 22.0 Å². The van der Waals surface area contributed by atoms with Crippen molar-refractivity contribution in [2.45, 2.75) is 4.90 Å². The standard InChI is InChI=1S/C22H19N3OS/c1-25-13-12-19-20(22(26)23-24-27-18-10-6-3-7-11-18)14-17(15-21(19)25)16-8-4-2-5-9-16/h2-15,24H,1H3,(H,23,26). The number of benzene rings is 3. The molecular weight excluding hydrogens is 354 g/mol. The lowest BCUT2D eigenvalue weighted by Gasteiger charge is -2.11. The summed E-state index contributed by atoms with van der Waals surface area (Å²) in [6, 6.07) is 26.0. The highest BCUT2D eigenvalue weighted by molar-refractivity contribution is 7.97. The van der Waals surface area contributed by atoms with Gasteiger partial charge in [-0.25, -0.2) is 0 Å². The van der Waals surface area contributed by atoms with Gasteiger partial charge in [-0.15, -0.1) is 0 Å². The maximum absolute atomic E-state index is 12.8. The third-order valence-corrected chi connectivity index (χ3v) is 5.14. The van der Waals surface area contributed by atoms with Gasteiger partial charge in [-0.05, 0) is 53.4 Å². The predicted octanol–water partition coefficient (Wildman–Crippen LogP) is 4.79. The molecular formula is C22H19N3OS. The fourth-order valence-electron chi connectivity index (χ4n) is 3.04. The zero-order valence-corrected chi connectivity index (χ0v) is 15.7. The number of hydrogen-bond donors (Lipinski definition) is 2. The highest BCUT2D eigenvalue weighted by Gasteiger charge is 2.14. The van der Waals surface area contributed by atoms with Gasteiger partial charge in [0.2, 0.25) is 0 Å². The topological polar surface area (TPSA) is 46.1 Å². The molecule has 0 bridgehead atoms. The molecule has 4 aromatic rings. The highest BCUT2D eigenvalue weighted by Crippen LogP contribution is 2.28. The molecule has 5 heteroatoms. The number of hydrogen-bond acceptors (Lipinski definition) is 3. The average Bonchev–Trinajstić information content (AvgIpc) is 3.09. The van der Waals surface area contributed by atoms with E-state index in [0.29, 0.717) is 5.56 Å². The second kappa shape index (κ2) is 7.70. The largest absolute Gasteiger partial charge is 0.351 e. The van der Waals surface area contributed by atoms with Crippen LogP contribution in [0.4, 0.5) is 0 Å². The SMILES string of the molecule is Cn1ccc2c(C(=O)NNSc3ccccc3)cc(-c3ccccc3)cc21. The van der Waals surface area contributed by atoms with Gasteiger partial charge in [0, 0.05) is 29.0 Å². The van der Waals surface area contributed by atoms with Gasteiger partial charge >= 0.3 is 0 Å². The number of fused-ring (bicyclic) bond motifs is 1. The summed E-state index contributed by atoms with van der Waals surface area (Å²) in [5.74, 6) is -0.160. The molecule has 0 spiro atoms. The summed E-state index contributed by atoms with van der Waals surface area (Å²) in [6.07, 6.45) is 1.97. The Morgan fingerprint density at radius 1 is 0.889 bits per heavy atom. The minimum absolute atomic E-state index is 0.160. The van der Waals surface area contributed by atoms with E-state index in [-0.39, 0.29) is 5.91 Å². The van der Waals surface area contributed by atoms with Crippen LogP contribution in [-0.2, 0) is 7.05 Å². The van der Waals surface area contributed by atoms with Crippen LogP contribution in [-0.4, -0.2) is 10.5 Å². The Morgan fingerprint density at radius 3 is 2.33 bits per heavy atom. The van der Waals surface area contributed by atoms with Crippen LogP contribution >= 0.6 is 11.9 Å². The maximum Gasteiger partial charge on any atom is 0.266 e. The first-order valence-corrected chi connectivity index (χ1v) is 9.46. The Labute approximate surface area is 162 Å². The fourth-order valence-corrected chi connectivity index (χ4v) is 3.60. The molecule has 0 aliphatic heterocycles. The molecule has 1 heterocycles. The second-order valence-corrected chi connectivity index (χ2v) is 7.10. The lowest BCUT2D eigenvalue weighted by atomic mass is 10.00. The number of carbonyl (C=O) groups excluding carboxylic acids is 1. The van der Waals surface area contributed by atoms with E-state index >= 15 is 0 Å². The van der Waals surface area contributed by atoms with Gasteiger partial charge in [0.05, 0.1) is 5.56 Å². The first-order chi connectivity index (χ1) is 13.2. The molecule has 0 atom stereocenters. The smallest absolute Gasteiger partial charge is 0.266 e. The Hall–Kier alpha value is -3.02. The van der Waals surface area contributed by atoms with Gasteiger partial charge in [-0.3, -0.25) is 10.2 Å². The molecule has 0 saturated heterocycles. The normalized spacial score (nSPS) is 10.9. The molecule has 1 amide bonds. The summed E-state index contributed by atoms with van der Waals surface area (Å²) in [7, 11) is 1.99. The van der Waals surface area contributed by atoms with Crippen LogP contribution < -0.4 is 10.3 Å². The van der Waals surface area contributed by atoms with Crippen molar-refractivity contribution in [2.24, 2.45) is 7.05 Å². The van der Waals surface area contributed by atoms with E-state index in [4.69, 9.17) is 0 Å². The van der Waals surface area contributed by atoms with Gasteiger partial charge in [0.15, 0.2) is 0 Å². The van der Waals surface area contributed by atoms with Crippen LogP contribution in [0, 0.1) is 0 Å². The number of rotatable bonds is 5. The van der Waals surface area contributed by atoms with Crippen molar-refractivity contribution in [3.05, 3.63) is 90.6 Å². The summed E-state index contributed by atoms with van der Waals surface area (Å²) >= 11 is 1.37. The quantitative estimate of drug-likeness (QED) is 0.391. The van der Waals surface area contributed by atoms with Gasteiger partial charge in [-0.1, -0.05) is 48.5 Å². The van der Waals surface area contributed by atoms with E-state index in [1.807, 2.05) is 78.5 Å². The van der Waals surface area contributed by atoms with Crippen LogP contribution in [0.2, 0.25) is 0 Å². The van der Waals surface area contributed by atoms with E-state index in [0.717, 1.165) is 26.9 Å². The first kappa shape index (κ1) is 17.4. The maximum atomic E-state index is 12.8. The number of carbonyl (C=O) groups is 1. The summed E-state index contributed by atoms with van der Waals surface area (Å²) in [4.78, 5) is 16.8. The van der Waals surface area contributed by atoms with Crippen molar-refractivity contribution >= 4 is 28.8 Å². The van der Waals surface area contributed by atoms with E-state index in [1.54, 1.807) is 0 Å². The van der Waals surface area contributed by atoms with Crippen molar-refractivity contribution < 1.29 is 4.79 Å². The van der Waals surface area contributed by atoms with Crippen molar-refractivity contribution in [2.75, 3.05) is 0 Å². The van der Waals surface area contributed by atoms with Crippen LogP contribution in [0.1, 0.15) is 10.4 Å². The number of amides is 1. The van der Waals surface area contributed by atoms with Crippen LogP contribution in [0.3, 0.4) is 0 Å². The zero-order valence-electron chi connectivity index (χ0n) is 14.8. The van der Waals surface area contributed by atoms with E-state index in [2.05, 4.69) is 28.5 Å². The van der Waals surface area contributed by atoms with Gasteiger partial charge < -0.3 is 4.57 Å². The molecule has 0 saturated carbocycles. The molecule has 0 unspecified atom stereocenters. The lowest BCUT2D eigenvalue weighted by molar-refractivity contribution is 0.0949.